The van der Waals surface area contributed by atoms with E-state index in [0.29, 0.717) is 27.8 Å². The molecule has 1 amide bonds. The third kappa shape index (κ3) is 3.53. The van der Waals surface area contributed by atoms with Crippen molar-refractivity contribution in [2.24, 2.45) is 0 Å². The molecule has 1 aromatic heterocycles. The van der Waals surface area contributed by atoms with Crippen molar-refractivity contribution in [3.8, 4) is 17.2 Å². The van der Waals surface area contributed by atoms with Crippen molar-refractivity contribution in [3.05, 3.63) is 71.0 Å². The Bertz CT molecular complexity index is 936. The highest BCUT2D eigenvalue weighted by molar-refractivity contribution is 6.32. The molecule has 0 aliphatic heterocycles. The topological polar surface area (TPSA) is 52.5 Å². The Morgan fingerprint density at radius 1 is 1.04 bits per heavy atom. The lowest BCUT2D eigenvalue weighted by Gasteiger charge is -2.14. The number of hydrogen-bond acceptors (Lipinski definition) is 3. The Morgan fingerprint density at radius 2 is 1.73 bits per heavy atom. The second-order valence-electron chi connectivity index (χ2n) is 5.73. The van der Waals surface area contributed by atoms with Crippen LogP contribution in [0.15, 0.2) is 54.9 Å². The molecule has 1 N–H and O–H groups in total. The Balaban J connectivity index is 1.92. The molecule has 0 spiro atoms. The van der Waals surface area contributed by atoms with Gasteiger partial charge in [-0.05, 0) is 42.8 Å². The van der Waals surface area contributed by atoms with Crippen LogP contribution in [-0.4, -0.2) is 24.7 Å². The van der Waals surface area contributed by atoms with Gasteiger partial charge in [0.1, 0.15) is 11.5 Å². The van der Waals surface area contributed by atoms with Crippen molar-refractivity contribution >= 4 is 23.2 Å². The molecule has 5 nitrogen and oxygen atoms in total. The summed E-state index contributed by atoms with van der Waals surface area (Å²) in [4.78, 5) is 12.7. The molecule has 6 heteroatoms. The average molecular weight is 371 g/mol. The van der Waals surface area contributed by atoms with E-state index < -0.39 is 0 Å². The van der Waals surface area contributed by atoms with Crippen molar-refractivity contribution in [2.75, 3.05) is 19.5 Å². The quantitative estimate of drug-likeness (QED) is 0.707. The van der Waals surface area contributed by atoms with Crippen LogP contribution >= 0.6 is 11.6 Å². The third-order valence-electron chi connectivity index (χ3n) is 4.08. The summed E-state index contributed by atoms with van der Waals surface area (Å²) < 4.78 is 12.5. The van der Waals surface area contributed by atoms with Gasteiger partial charge < -0.3 is 19.4 Å². The molecule has 3 aromatic rings. The highest BCUT2D eigenvalue weighted by Crippen LogP contribution is 2.36. The van der Waals surface area contributed by atoms with E-state index in [2.05, 4.69) is 5.32 Å². The summed E-state index contributed by atoms with van der Waals surface area (Å²) in [5.41, 5.74) is 3.03. The third-order valence-corrected chi connectivity index (χ3v) is 4.37. The fraction of sp³-hybridized carbons (Fsp3) is 0.150. The minimum Gasteiger partial charge on any atom is -0.495 e. The van der Waals surface area contributed by atoms with E-state index in [4.69, 9.17) is 21.1 Å². The fourth-order valence-corrected chi connectivity index (χ4v) is 2.92. The van der Waals surface area contributed by atoms with Crippen molar-refractivity contribution in [3.63, 3.8) is 0 Å². The largest absolute Gasteiger partial charge is 0.495 e. The van der Waals surface area contributed by atoms with E-state index in [9.17, 15) is 4.79 Å². The molecule has 0 atom stereocenters. The number of benzene rings is 2. The van der Waals surface area contributed by atoms with Crippen LogP contribution in [0.2, 0.25) is 5.02 Å². The van der Waals surface area contributed by atoms with Crippen molar-refractivity contribution < 1.29 is 14.3 Å². The number of carbonyl (C=O) groups is 1. The van der Waals surface area contributed by atoms with Gasteiger partial charge in [0.05, 0.1) is 24.9 Å². The molecule has 0 aliphatic rings. The fourth-order valence-electron chi connectivity index (χ4n) is 2.68. The van der Waals surface area contributed by atoms with Crippen LogP contribution in [0.5, 0.6) is 11.5 Å². The minimum absolute atomic E-state index is 0.252. The number of hydrogen-bond donors (Lipinski definition) is 1. The molecule has 26 heavy (non-hydrogen) atoms. The van der Waals surface area contributed by atoms with E-state index in [1.54, 1.807) is 18.2 Å². The number of nitrogens with zero attached hydrogens (tertiary/aromatic N) is 1. The van der Waals surface area contributed by atoms with Crippen molar-refractivity contribution in [1.82, 2.24) is 4.57 Å². The highest BCUT2D eigenvalue weighted by atomic mass is 35.5. The number of amides is 1. The van der Waals surface area contributed by atoms with E-state index in [1.807, 2.05) is 48.1 Å². The number of ether oxygens (including phenoxy) is 2. The maximum atomic E-state index is 12.7. The maximum Gasteiger partial charge on any atom is 0.255 e. The van der Waals surface area contributed by atoms with Gasteiger partial charge in [-0.2, -0.15) is 0 Å². The number of methoxy groups -OCH3 is 2. The first-order valence-electron chi connectivity index (χ1n) is 8.00. The summed E-state index contributed by atoms with van der Waals surface area (Å²) in [5, 5.41) is 3.24. The lowest BCUT2D eigenvalue weighted by atomic mass is 10.1. The van der Waals surface area contributed by atoms with Crippen LogP contribution in [0.3, 0.4) is 0 Å². The molecule has 0 unspecified atom stereocenters. The van der Waals surface area contributed by atoms with Gasteiger partial charge in [-0.1, -0.05) is 17.7 Å². The zero-order chi connectivity index (χ0) is 18.7. The molecule has 134 valence electrons. The van der Waals surface area contributed by atoms with Crippen LogP contribution in [-0.2, 0) is 0 Å². The molecular formula is C20H19ClN2O3. The second kappa shape index (κ2) is 7.54. The number of aromatic nitrogens is 1. The number of carbonyl (C=O) groups excluding carboxylic acids is 1. The molecule has 0 saturated carbocycles. The average Bonchev–Trinajstić information content (AvgIpc) is 3.16. The predicted molar refractivity (Wildman–Crippen MR) is 103 cm³/mol. The van der Waals surface area contributed by atoms with Gasteiger partial charge in [-0.3, -0.25) is 4.79 Å². The second-order valence-corrected chi connectivity index (χ2v) is 6.14. The number of halogens is 1. The summed E-state index contributed by atoms with van der Waals surface area (Å²) >= 11 is 6.17. The Morgan fingerprint density at radius 3 is 2.38 bits per heavy atom. The summed E-state index contributed by atoms with van der Waals surface area (Å²) in [6, 6.07) is 12.7. The molecule has 0 saturated heterocycles. The lowest BCUT2D eigenvalue weighted by molar-refractivity contribution is 0.102. The van der Waals surface area contributed by atoms with Gasteiger partial charge in [-0.25, -0.2) is 0 Å². The minimum atomic E-state index is -0.252. The summed E-state index contributed by atoms with van der Waals surface area (Å²) in [7, 11) is 3.04. The zero-order valence-corrected chi connectivity index (χ0v) is 15.5. The number of anilines is 1. The van der Waals surface area contributed by atoms with Crippen molar-refractivity contribution in [2.45, 2.75) is 6.92 Å². The molecular weight excluding hydrogens is 352 g/mol. The Hall–Kier alpha value is -2.92. The van der Waals surface area contributed by atoms with Gasteiger partial charge in [0, 0.05) is 29.7 Å². The van der Waals surface area contributed by atoms with Crippen LogP contribution in [0.4, 0.5) is 5.69 Å². The first-order chi connectivity index (χ1) is 12.5. The maximum absolute atomic E-state index is 12.7. The molecule has 0 bridgehead atoms. The molecule has 3 rings (SSSR count). The summed E-state index contributed by atoms with van der Waals surface area (Å²) in [6.45, 7) is 2.00. The first kappa shape index (κ1) is 17.9. The van der Waals surface area contributed by atoms with Gasteiger partial charge in [0.25, 0.3) is 5.91 Å². The number of nitrogens with one attached hydrogen (secondary N) is 1. The Labute approximate surface area is 157 Å². The summed E-state index contributed by atoms with van der Waals surface area (Å²) in [6.07, 6.45) is 3.88. The summed E-state index contributed by atoms with van der Waals surface area (Å²) in [5.74, 6) is 0.696. The van der Waals surface area contributed by atoms with Crippen LogP contribution in [0.25, 0.3) is 5.69 Å². The molecule has 0 radical (unpaired) electrons. The van der Waals surface area contributed by atoms with E-state index in [1.165, 1.54) is 14.2 Å². The standard InChI is InChI=1S/C20H19ClN2O3/c1-13-6-7-14(10-17(13)23-8-4-5-9-23)20(24)22-16-11-15(21)18(25-2)12-19(16)26-3/h4-12H,1-3H3,(H,22,24). The first-order valence-corrected chi connectivity index (χ1v) is 8.38. The molecule has 0 fully saturated rings. The van der Waals surface area contributed by atoms with E-state index >= 15 is 0 Å². The monoisotopic (exact) mass is 370 g/mol. The van der Waals surface area contributed by atoms with E-state index in [0.717, 1.165) is 11.3 Å². The lowest BCUT2D eigenvalue weighted by Crippen LogP contribution is -2.13. The van der Waals surface area contributed by atoms with Gasteiger partial charge in [0.15, 0.2) is 0 Å². The normalized spacial score (nSPS) is 10.5. The number of aryl methyl sites for hydroxylation is 1. The van der Waals surface area contributed by atoms with Crippen LogP contribution in [0, 0.1) is 6.92 Å². The van der Waals surface area contributed by atoms with Crippen molar-refractivity contribution in [1.29, 1.82) is 0 Å². The van der Waals surface area contributed by atoms with Crippen LogP contribution in [0.1, 0.15) is 15.9 Å². The zero-order valence-electron chi connectivity index (χ0n) is 14.7. The van der Waals surface area contributed by atoms with Gasteiger partial charge >= 0.3 is 0 Å². The Kier molecular flexibility index (Phi) is 5.19. The van der Waals surface area contributed by atoms with E-state index in [-0.39, 0.29) is 5.91 Å². The van der Waals surface area contributed by atoms with Gasteiger partial charge in [-0.15, -0.1) is 0 Å². The molecule has 2 aromatic carbocycles. The highest BCUT2D eigenvalue weighted by Gasteiger charge is 2.15. The molecule has 1 heterocycles. The SMILES string of the molecule is COc1cc(OC)c(NC(=O)c2ccc(C)c(-n3cccc3)c2)cc1Cl. The number of rotatable bonds is 5. The van der Waals surface area contributed by atoms with Crippen LogP contribution < -0.4 is 14.8 Å². The predicted octanol–water partition coefficient (Wildman–Crippen LogP) is 4.71. The van der Waals surface area contributed by atoms with Gasteiger partial charge in [0.2, 0.25) is 0 Å². The smallest absolute Gasteiger partial charge is 0.255 e. The molecule has 0 aliphatic carbocycles.